The van der Waals surface area contributed by atoms with E-state index in [9.17, 15) is 14.4 Å². The number of nitrogens with one attached hydrogen (secondary N) is 2. The molecule has 2 aromatic carbocycles. The van der Waals surface area contributed by atoms with E-state index in [4.69, 9.17) is 0 Å². The molecule has 2 amide bonds. The molecular formula is C21H24N2O3. The molecule has 2 aromatic rings. The van der Waals surface area contributed by atoms with Crippen LogP contribution in [0.4, 0.5) is 5.69 Å². The zero-order chi connectivity index (χ0) is 19.3. The summed E-state index contributed by atoms with van der Waals surface area (Å²) in [6.45, 7) is 6.99. The quantitative estimate of drug-likeness (QED) is 0.617. The second-order valence-corrected chi connectivity index (χ2v) is 6.82. The van der Waals surface area contributed by atoms with Crippen molar-refractivity contribution < 1.29 is 14.4 Å². The number of carbonyl (C=O) groups is 3. The number of anilines is 1. The first-order valence-electron chi connectivity index (χ1n) is 8.47. The fourth-order valence-corrected chi connectivity index (χ4v) is 2.38. The maximum absolute atomic E-state index is 12.5. The fraction of sp³-hybridized carbons (Fsp3) is 0.286. The van der Waals surface area contributed by atoms with Crippen LogP contribution in [0.1, 0.15) is 42.3 Å². The molecule has 26 heavy (non-hydrogen) atoms. The Bertz CT molecular complexity index is 823. The van der Waals surface area contributed by atoms with Gasteiger partial charge in [-0.15, -0.1) is 0 Å². The molecular weight excluding hydrogens is 328 g/mol. The minimum absolute atomic E-state index is 0.0428. The van der Waals surface area contributed by atoms with Crippen molar-refractivity contribution >= 4 is 23.3 Å². The minimum atomic E-state index is -1.23. The number of rotatable bonds is 6. The summed E-state index contributed by atoms with van der Waals surface area (Å²) in [7, 11) is 0. The molecule has 5 nitrogen and oxygen atoms in total. The second kappa shape index (κ2) is 7.95. The van der Waals surface area contributed by atoms with Gasteiger partial charge in [0.25, 0.3) is 0 Å². The average Bonchev–Trinajstić information content (AvgIpc) is 2.61. The predicted molar refractivity (Wildman–Crippen MR) is 102 cm³/mol. The normalized spacial score (nSPS) is 10.9. The number of carbonyl (C=O) groups excluding carboxylic acids is 3. The first kappa shape index (κ1) is 19.4. The van der Waals surface area contributed by atoms with Crippen LogP contribution < -0.4 is 10.6 Å². The summed E-state index contributed by atoms with van der Waals surface area (Å²) in [5.74, 6) is -0.798. The number of aryl methyl sites for hydroxylation is 1. The van der Waals surface area contributed by atoms with Gasteiger partial charge in [0.2, 0.25) is 11.8 Å². The Labute approximate surface area is 153 Å². The number of amides is 2. The Morgan fingerprint density at radius 2 is 1.54 bits per heavy atom. The molecule has 0 aliphatic rings. The van der Waals surface area contributed by atoms with Crippen LogP contribution in [0.5, 0.6) is 0 Å². The Hall–Kier alpha value is -2.95. The first-order chi connectivity index (χ1) is 12.2. The Morgan fingerprint density at radius 1 is 0.923 bits per heavy atom. The molecule has 0 saturated heterocycles. The van der Waals surface area contributed by atoms with E-state index < -0.39 is 11.3 Å². The van der Waals surface area contributed by atoms with Gasteiger partial charge < -0.3 is 10.6 Å². The molecule has 0 aromatic heterocycles. The maximum Gasteiger partial charge on any atom is 0.239 e. The summed E-state index contributed by atoms with van der Waals surface area (Å²) in [5.41, 5.74) is 1.97. The van der Waals surface area contributed by atoms with E-state index in [0.29, 0.717) is 17.8 Å². The van der Waals surface area contributed by atoms with E-state index in [1.807, 2.05) is 31.2 Å². The monoisotopic (exact) mass is 352 g/mol. The second-order valence-electron chi connectivity index (χ2n) is 6.82. The summed E-state index contributed by atoms with van der Waals surface area (Å²) >= 11 is 0. The van der Waals surface area contributed by atoms with Crippen molar-refractivity contribution in [1.29, 1.82) is 0 Å². The van der Waals surface area contributed by atoms with Gasteiger partial charge in [0.15, 0.2) is 5.78 Å². The van der Waals surface area contributed by atoms with Crippen LogP contribution in [0.2, 0.25) is 0 Å². The predicted octanol–water partition coefficient (Wildman–Crippen LogP) is 3.48. The van der Waals surface area contributed by atoms with Crippen LogP contribution in [-0.4, -0.2) is 17.6 Å². The zero-order valence-corrected chi connectivity index (χ0v) is 15.6. The lowest BCUT2D eigenvalue weighted by Crippen LogP contribution is -2.44. The molecule has 2 rings (SSSR count). The smallest absolute Gasteiger partial charge is 0.239 e. The number of ketones is 1. The largest absolute Gasteiger partial charge is 0.351 e. The molecule has 5 heteroatoms. The van der Waals surface area contributed by atoms with Crippen molar-refractivity contribution in [3.05, 3.63) is 65.2 Å². The lowest BCUT2D eigenvalue weighted by atomic mass is 9.90. The van der Waals surface area contributed by atoms with E-state index in [1.165, 1.54) is 6.92 Å². The Balaban J connectivity index is 2.00. The van der Waals surface area contributed by atoms with Gasteiger partial charge in [0, 0.05) is 17.8 Å². The zero-order valence-electron chi connectivity index (χ0n) is 15.6. The summed E-state index contributed by atoms with van der Waals surface area (Å²) in [4.78, 5) is 36.3. The van der Waals surface area contributed by atoms with Gasteiger partial charge in [-0.05, 0) is 63.1 Å². The van der Waals surface area contributed by atoms with Crippen molar-refractivity contribution in [3.8, 4) is 0 Å². The molecule has 0 atom stereocenters. The molecule has 0 bridgehead atoms. The highest BCUT2D eigenvalue weighted by atomic mass is 16.2. The molecule has 0 aliphatic heterocycles. The van der Waals surface area contributed by atoms with E-state index in [-0.39, 0.29) is 11.7 Å². The van der Waals surface area contributed by atoms with Crippen LogP contribution in [0.15, 0.2) is 48.5 Å². The van der Waals surface area contributed by atoms with E-state index in [2.05, 4.69) is 10.6 Å². The molecule has 2 N–H and O–H groups in total. The average molecular weight is 352 g/mol. The molecule has 136 valence electrons. The van der Waals surface area contributed by atoms with E-state index in [0.717, 1.165) is 11.1 Å². The third kappa shape index (κ3) is 4.57. The number of hydrogen-bond donors (Lipinski definition) is 2. The highest BCUT2D eigenvalue weighted by Crippen LogP contribution is 2.20. The van der Waals surface area contributed by atoms with E-state index >= 15 is 0 Å². The Morgan fingerprint density at radius 3 is 2.12 bits per heavy atom. The number of benzene rings is 2. The van der Waals surface area contributed by atoms with Crippen molar-refractivity contribution in [2.75, 3.05) is 5.32 Å². The molecule has 0 radical (unpaired) electrons. The van der Waals surface area contributed by atoms with Gasteiger partial charge >= 0.3 is 0 Å². The van der Waals surface area contributed by atoms with Gasteiger partial charge in [0.05, 0.1) is 0 Å². The minimum Gasteiger partial charge on any atom is -0.351 e. The summed E-state index contributed by atoms with van der Waals surface area (Å²) < 4.78 is 0. The van der Waals surface area contributed by atoms with Gasteiger partial charge in [-0.2, -0.15) is 0 Å². The molecule has 0 heterocycles. The van der Waals surface area contributed by atoms with Crippen LogP contribution in [0.25, 0.3) is 0 Å². The molecule has 0 aliphatic carbocycles. The molecule has 0 spiro atoms. The van der Waals surface area contributed by atoms with Crippen LogP contribution >= 0.6 is 0 Å². The van der Waals surface area contributed by atoms with Crippen molar-refractivity contribution in [2.24, 2.45) is 5.41 Å². The lowest BCUT2D eigenvalue weighted by molar-refractivity contribution is -0.138. The van der Waals surface area contributed by atoms with Gasteiger partial charge in [-0.3, -0.25) is 14.4 Å². The standard InChI is InChI=1S/C21H24N2O3/c1-14-7-5-6-8-17(14)13-22-19(25)21(3,4)20(26)23-18-11-9-16(10-12-18)15(2)24/h5-12H,13H2,1-4H3,(H,22,25)(H,23,26). The van der Waals surface area contributed by atoms with Gasteiger partial charge in [-0.1, -0.05) is 24.3 Å². The highest BCUT2D eigenvalue weighted by molar-refractivity contribution is 6.10. The van der Waals surface area contributed by atoms with Crippen LogP contribution in [0, 0.1) is 12.3 Å². The highest BCUT2D eigenvalue weighted by Gasteiger charge is 2.36. The summed E-state index contributed by atoms with van der Waals surface area (Å²) in [5, 5.41) is 5.55. The maximum atomic E-state index is 12.5. The lowest BCUT2D eigenvalue weighted by Gasteiger charge is -2.23. The SMILES string of the molecule is CC(=O)c1ccc(NC(=O)C(C)(C)C(=O)NCc2ccccc2C)cc1. The molecule has 0 saturated carbocycles. The van der Waals surface area contributed by atoms with Gasteiger partial charge in [-0.25, -0.2) is 0 Å². The van der Waals surface area contributed by atoms with E-state index in [1.54, 1.807) is 38.1 Å². The fourth-order valence-electron chi connectivity index (χ4n) is 2.38. The molecule has 0 fully saturated rings. The summed E-state index contributed by atoms with van der Waals surface area (Å²) in [6.07, 6.45) is 0. The number of hydrogen-bond acceptors (Lipinski definition) is 3. The molecule has 0 unspecified atom stereocenters. The van der Waals surface area contributed by atoms with Gasteiger partial charge in [0.1, 0.15) is 5.41 Å². The van der Waals surface area contributed by atoms with Crippen LogP contribution in [0.3, 0.4) is 0 Å². The van der Waals surface area contributed by atoms with Crippen molar-refractivity contribution in [1.82, 2.24) is 5.32 Å². The summed E-state index contributed by atoms with van der Waals surface area (Å²) in [6, 6.07) is 14.4. The third-order valence-electron chi connectivity index (χ3n) is 4.39. The number of Topliss-reactive ketones (excluding diaryl/α,β-unsaturated/α-hetero) is 1. The Kier molecular flexibility index (Phi) is 5.93. The topological polar surface area (TPSA) is 75.3 Å². The third-order valence-corrected chi connectivity index (χ3v) is 4.39. The van der Waals surface area contributed by atoms with Crippen molar-refractivity contribution in [2.45, 2.75) is 34.2 Å². The van der Waals surface area contributed by atoms with Crippen molar-refractivity contribution in [3.63, 3.8) is 0 Å². The van der Waals surface area contributed by atoms with Crippen LogP contribution in [-0.2, 0) is 16.1 Å². The first-order valence-corrected chi connectivity index (χ1v) is 8.47.